The third kappa shape index (κ3) is 4.16. The maximum absolute atomic E-state index is 13.7. The first kappa shape index (κ1) is 17.8. The topological polar surface area (TPSA) is 75.6 Å². The molecule has 0 aliphatic heterocycles. The van der Waals surface area contributed by atoms with E-state index in [4.69, 9.17) is 5.73 Å². The molecule has 0 atom stereocenters. The van der Waals surface area contributed by atoms with Crippen LogP contribution in [0, 0.1) is 23.0 Å². The first-order valence-corrected chi connectivity index (χ1v) is 8.72. The van der Waals surface area contributed by atoms with Gasteiger partial charge in [-0.25, -0.2) is 18.7 Å². The molecule has 3 rings (SSSR count). The van der Waals surface area contributed by atoms with Gasteiger partial charge in [-0.3, -0.25) is 0 Å². The number of hydrogen-bond acceptors (Lipinski definition) is 5. The molecule has 0 saturated carbocycles. The van der Waals surface area contributed by atoms with Gasteiger partial charge in [0, 0.05) is 12.2 Å². The average molecular weight is 368 g/mol. The molecule has 2 N–H and O–H groups in total. The van der Waals surface area contributed by atoms with Gasteiger partial charge in [0.25, 0.3) is 0 Å². The van der Waals surface area contributed by atoms with Gasteiger partial charge < -0.3 is 5.73 Å². The predicted molar refractivity (Wildman–Crippen MR) is 96.3 cm³/mol. The van der Waals surface area contributed by atoms with Gasteiger partial charge in [-0.2, -0.15) is 5.26 Å². The summed E-state index contributed by atoms with van der Waals surface area (Å²) in [5.74, 6) is -0.213. The molecule has 2 aromatic carbocycles. The normalized spacial score (nSPS) is 10.5. The molecule has 0 unspecified atom stereocenters. The highest BCUT2D eigenvalue weighted by Gasteiger charge is 2.14. The molecule has 0 spiro atoms. The lowest BCUT2D eigenvalue weighted by atomic mass is 10.1. The van der Waals surface area contributed by atoms with Crippen molar-refractivity contribution in [3.05, 3.63) is 82.5 Å². The largest absolute Gasteiger partial charge is 0.382 e. The van der Waals surface area contributed by atoms with Gasteiger partial charge in [-0.15, -0.1) is 0 Å². The molecule has 26 heavy (non-hydrogen) atoms. The highest BCUT2D eigenvalue weighted by molar-refractivity contribution is 7.98. The summed E-state index contributed by atoms with van der Waals surface area (Å²) in [6, 6.07) is 14.4. The van der Waals surface area contributed by atoms with E-state index in [1.165, 1.54) is 30.0 Å². The summed E-state index contributed by atoms with van der Waals surface area (Å²) >= 11 is 1.24. The fraction of sp³-hybridized carbons (Fsp3) is 0.105. The second-order valence-corrected chi connectivity index (χ2v) is 6.45. The highest BCUT2D eigenvalue weighted by Crippen LogP contribution is 2.25. The summed E-state index contributed by atoms with van der Waals surface area (Å²) in [5, 5.41) is 9.69. The number of benzene rings is 2. The number of anilines is 1. The van der Waals surface area contributed by atoms with Crippen LogP contribution in [0.5, 0.6) is 0 Å². The van der Waals surface area contributed by atoms with Crippen LogP contribution in [0.3, 0.4) is 0 Å². The molecule has 7 heteroatoms. The molecule has 0 saturated heterocycles. The Hall–Kier alpha value is -2.98. The fourth-order valence-corrected chi connectivity index (χ4v) is 3.23. The standard InChI is InChI=1S/C19H14F2N4S/c20-14-7-5-12(6-8-14)9-17-15(10-22)18(23)25-19(24-17)26-11-13-3-1-2-4-16(13)21/h1-8H,9,11H2,(H2,23,24,25). The minimum Gasteiger partial charge on any atom is -0.382 e. The minimum atomic E-state index is -0.336. The molecule has 1 aromatic heterocycles. The van der Waals surface area contributed by atoms with Crippen LogP contribution < -0.4 is 5.73 Å². The van der Waals surface area contributed by atoms with Crippen LogP contribution in [0.1, 0.15) is 22.4 Å². The predicted octanol–water partition coefficient (Wildman–Crippen LogP) is 4.09. The van der Waals surface area contributed by atoms with Crippen molar-refractivity contribution in [1.29, 1.82) is 5.26 Å². The lowest BCUT2D eigenvalue weighted by Crippen LogP contribution is -2.06. The van der Waals surface area contributed by atoms with Gasteiger partial charge >= 0.3 is 0 Å². The lowest BCUT2D eigenvalue weighted by Gasteiger charge is -2.09. The van der Waals surface area contributed by atoms with Crippen molar-refractivity contribution in [1.82, 2.24) is 9.97 Å². The Morgan fingerprint density at radius 2 is 1.77 bits per heavy atom. The van der Waals surface area contributed by atoms with E-state index in [2.05, 4.69) is 9.97 Å². The summed E-state index contributed by atoms with van der Waals surface area (Å²) in [6.07, 6.45) is 0.323. The first-order valence-electron chi connectivity index (χ1n) is 7.74. The molecule has 0 aliphatic rings. The number of aromatic nitrogens is 2. The number of hydrogen-bond donors (Lipinski definition) is 1. The number of nitrogens with zero attached hydrogens (tertiary/aromatic N) is 3. The van der Waals surface area contributed by atoms with E-state index in [1.807, 2.05) is 6.07 Å². The molecule has 0 aliphatic carbocycles. The minimum absolute atomic E-state index is 0.0793. The molecule has 3 aromatic rings. The lowest BCUT2D eigenvalue weighted by molar-refractivity contribution is 0.617. The Bertz CT molecular complexity index is 968. The van der Waals surface area contributed by atoms with Crippen LogP contribution in [0.15, 0.2) is 53.7 Å². The Kier molecular flexibility index (Phi) is 5.44. The molecule has 4 nitrogen and oxygen atoms in total. The molecule has 1 heterocycles. The number of thioether (sulfide) groups is 1. The smallest absolute Gasteiger partial charge is 0.190 e. The molecule has 0 fully saturated rings. The van der Waals surface area contributed by atoms with Crippen LogP contribution in [-0.2, 0) is 12.2 Å². The molecular weight excluding hydrogens is 354 g/mol. The Balaban J connectivity index is 1.85. The number of nitrogen functional groups attached to an aromatic ring is 1. The Labute approximate surface area is 153 Å². The van der Waals surface area contributed by atoms with Crippen LogP contribution in [0.25, 0.3) is 0 Å². The number of nitriles is 1. The van der Waals surface area contributed by atoms with Crippen LogP contribution in [0.4, 0.5) is 14.6 Å². The summed E-state index contributed by atoms with van der Waals surface area (Å²) in [4.78, 5) is 8.53. The fourth-order valence-electron chi connectivity index (χ4n) is 2.37. The van der Waals surface area contributed by atoms with E-state index in [-0.39, 0.29) is 23.0 Å². The van der Waals surface area contributed by atoms with Gasteiger partial charge in [0.05, 0.1) is 5.69 Å². The molecule has 130 valence electrons. The summed E-state index contributed by atoms with van der Waals surface area (Å²) in [6.45, 7) is 0. The van der Waals surface area contributed by atoms with Gasteiger partial charge in [0.15, 0.2) is 5.16 Å². The highest BCUT2D eigenvalue weighted by atomic mass is 32.2. The van der Waals surface area contributed by atoms with E-state index < -0.39 is 0 Å². The van der Waals surface area contributed by atoms with Crippen molar-refractivity contribution >= 4 is 17.6 Å². The quantitative estimate of drug-likeness (QED) is 0.542. The zero-order valence-corrected chi connectivity index (χ0v) is 14.4. The van der Waals surface area contributed by atoms with Gasteiger partial charge in [0.1, 0.15) is 29.1 Å². The van der Waals surface area contributed by atoms with E-state index in [0.717, 1.165) is 5.56 Å². The zero-order chi connectivity index (χ0) is 18.5. The summed E-state index contributed by atoms with van der Waals surface area (Å²) < 4.78 is 26.8. The molecule has 0 radical (unpaired) electrons. The van der Waals surface area contributed by atoms with E-state index in [0.29, 0.717) is 28.6 Å². The zero-order valence-electron chi connectivity index (χ0n) is 13.6. The number of halogens is 2. The van der Waals surface area contributed by atoms with Crippen molar-refractivity contribution < 1.29 is 8.78 Å². The van der Waals surface area contributed by atoms with Crippen LogP contribution in [-0.4, -0.2) is 9.97 Å². The third-order valence-electron chi connectivity index (χ3n) is 3.70. The monoisotopic (exact) mass is 368 g/mol. The van der Waals surface area contributed by atoms with Crippen molar-refractivity contribution in [3.8, 4) is 6.07 Å². The molecule has 0 amide bonds. The van der Waals surface area contributed by atoms with Crippen molar-refractivity contribution in [2.75, 3.05) is 5.73 Å². The van der Waals surface area contributed by atoms with Gasteiger partial charge in [-0.05, 0) is 29.3 Å². The molecule has 0 bridgehead atoms. The van der Waals surface area contributed by atoms with Crippen LogP contribution >= 0.6 is 11.8 Å². The van der Waals surface area contributed by atoms with E-state index >= 15 is 0 Å². The second-order valence-electron chi connectivity index (χ2n) is 5.51. The van der Waals surface area contributed by atoms with Crippen LogP contribution in [0.2, 0.25) is 0 Å². The van der Waals surface area contributed by atoms with Gasteiger partial charge in [0.2, 0.25) is 0 Å². The third-order valence-corrected chi connectivity index (χ3v) is 4.60. The maximum Gasteiger partial charge on any atom is 0.190 e. The number of nitrogens with two attached hydrogens (primary N) is 1. The number of rotatable bonds is 5. The average Bonchev–Trinajstić information content (AvgIpc) is 2.63. The maximum atomic E-state index is 13.7. The van der Waals surface area contributed by atoms with Crippen molar-refractivity contribution in [3.63, 3.8) is 0 Å². The Morgan fingerprint density at radius 1 is 1.04 bits per heavy atom. The Morgan fingerprint density at radius 3 is 2.46 bits per heavy atom. The van der Waals surface area contributed by atoms with E-state index in [1.54, 1.807) is 30.3 Å². The molecular formula is C19H14F2N4S. The summed E-state index contributed by atoms with van der Waals surface area (Å²) in [5.41, 5.74) is 7.88. The second kappa shape index (κ2) is 7.93. The summed E-state index contributed by atoms with van der Waals surface area (Å²) in [7, 11) is 0. The van der Waals surface area contributed by atoms with E-state index in [9.17, 15) is 14.0 Å². The van der Waals surface area contributed by atoms with Gasteiger partial charge in [-0.1, -0.05) is 42.1 Å². The van der Waals surface area contributed by atoms with Crippen molar-refractivity contribution in [2.45, 2.75) is 17.3 Å². The SMILES string of the molecule is N#Cc1c(N)nc(SCc2ccccc2F)nc1Cc1ccc(F)cc1. The first-order chi connectivity index (χ1) is 12.6. The van der Waals surface area contributed by atoms with Crippen molar-refractivity contribution in [2.24, 2.45) is 0 Å².